The van der Waals surface area contributed by atoms with E-state index in [1.54, 1.807) is 0 Å². The topological polar surface area (TPSA) is 6.48 Å². The highest BCUT2D eigenvalue weighted by Crippen LogP contribution is 2.56. The molecule has 4 aliphatic carbocycles. The van der Waals surface area contributed by atoms with Crippen LogP contribution in [0.5, 0.6) is 0 Å². The molecule has 0 aromatic heterocycles. The number of hydrogen-bond donors (Lipinski definition) is 0. The molecule has 4 aliphatic rings. The van der Waals surface area contributed by atoms with Gasteiger partial charge in [0.05, 0.1) is 0 Å². The van der Waals surface area contributed by atoms with Gasteiger partial charge in [-0.05, 0) is 245 Å². The van der Waals surface area contributed by atoms with Crippen molar-refractivity contribution >= 4 is 58.4 Å². The van der Waals surface area contributed by atoms with Crippen LogP contribution in [0.25, 0.3) is 79.9 Å². The highest BCUT2D eigenvalue weighted by molar-refractivity contribution is 5.92. The molecular formula is C92H80N2. The van der Waals surface area contributed by atoms with Gasteiger partial charge in [-0.1, -0.05) is 250 Å². The minimum absolute atomic E-state index is 0.0982. The standard InChI is InChI=1S/C92H80N2/c1-57-45-58(2)48-71(47-57)93(67-35-41-77-73-17-13-15-19-81(73)89(5,6)85(77)53-67)69-37-43-79-75-39-29-63(51-83(75)91(9,10)87(79)55-69)23-21-61-25-31-65(32-26-61)66-33-27-62(28-34-66)22-24-64-30-40-76-80-44-38-70(56-88(80)92(11,12)84(76)52-64)94(72-49-59(3)46-60(4)50-72)68-36-42-78-74-18-14-16-20-82(74)90(7,8)86(78)54-68/h13-56H,1-12H3/b23-21+,24-22+. The number of fused-ring (bicyclic) bond motifs is 12. The molecule has 458 valence electrons. The van der Waals surface area contributed by atoms with Crippen LogP contribution in [0.3, 0.4) is 0 Å². The molecule has 0 atom stereocenters. The lowest BCUT2D eigenvalue weighted by Gasteiger charge is -2.30. The van der Waals surface area contributed by atoms with E-state index in [1.807, 2.05) is 0 Å². The molecule has 0 bridgehead atoms. The monoisotopic (exact) mass is 1210 g/mol. The van der Waals surface area contributed by atoms with Crippen LogP contribution in [-0.4, -0.2) is 0 Å². The third-order valence-corrected chi connectivity index (χ3v) is 21.6. The fourth-order valence-electron chi connectivity index (χ4n) is 16.6. The fraction of sp³-hybridized carbons (Fsp3) is 0.174. The van der Waals surface area contributed by atoms with Crippen LogP contribution in [0.15, 0.2) is 243 Å². The van der Waals surface area contributed by atoms with Gasteiger partial charge < -0.3 is 9.80 Å². The third kappa shape index (κ3) is 9.58. The molecule has 0 N–H and O–H groups in total. The first-order chi connectivity index (χ1) is 45.2. The molecule has 0 saturated carbocycles. The first-order valence-electron chi connectivity index (χ1n) is 33.6. The SMILES string of the molecule is Cc1cc(C)cc(N(c2ccc3c(c2)C(C)(C)c2ccccc2-3)c2ccc3c(c2)C(C)(C)c2cc(/C=C/c4ccc(-c5ccc(/C=C/c6ccc7c(c6)C(C)(C)c6cc(N(c8cc(C)cc(C)c8)c8ccc9c(c8)C(C)(C)c8ccccc8-9)ccc6-7)cc5)cc4)ccc2-3)c1. The van der Waals surface area contributed by atoms with Gasteiger partial charge in [0.2, 0.25) is 0 Å². The Kier molecular flexibility index (Phi) is 13.5. The summed E-state index contributed by atoms with van der Waals surface area (Å²) >= 11 is 0. The van der Waals surface area contributed by atoms with Crippen molar-refractivity contribution in [2.24, 2.45) is 0 Å². The van der Waals surface area contributed by atoms with E-state index < -0.39 is 0 Å². The van der Waals surface area contributed by atoms with Gasteiger partial charge in [-0.15, -0.1) is 0 Å². The number of hydrogen-bond acceptors (Lipinski definition) is 2. The Labute approximate surface area is 556 Å². The van der Waals surface area contributed by atoms with Crippen LogP contribution in [0, 0.1) is 27.7 Å². The Morgan fingerprint density at radius 3 is 0.777 bits per heavy atom. The molecule has 0 heterocycles. The molecule has 0 unspecified atom stereocenters. The first kappa shape index (κ1) is 58.8. The van der Waals surface area contributed by atoms with Gasteiger partial charge in [-0.25, -0.2) is 0 Å². The van der Waals surface area contributed by atoms with Gasteiger partial charge in [-0.3, -0.25) is 0 Å². The van der Waals surface area contributed by atoms with E-state index in [4.69, 9.17) is 0 Å². The number of aryl methyl sites for hydroxylation is 4. The van der Waals surface area contributed by atoms with Crippen molar-refractivity contribution in [3.8, 4) is 55.6 Å². The van der Waals surface area contributed by atoms with Gasteiger partial charge in [0.1, 0.15) is 0 Å². The van der Waals surface area contributed by atoms with Gasteiger partial charge in [-0.2, -0.15) is 0 Å². The average molecular weight is 1210 g/mol. The van der Waals surface area contributed by atoms with Gasteiger partial charge in [0.15, 0.2) is 0 Å². The molecular weight excluding hydrogens is 1130 g/mol. The molecule has 0 fully saturated rings. The quantitative estimate of drug-likeness (QED) is 0.119. The molecule has 2 nitrogen and oxygen atoms in total. The molecule has 12 aromatic carbocycles. The predicted octanol–water partition coefficient (Wildman–Crippen LogP) is 25.1. The molecule has 0 amide bonds. The second-order valence-corrected chi connectivity index (χ2v) is 29.4. The minimum Gasteiger partial charge on any atom is -0.310 e. The zero-order valence-electron chi connectivity index (χ0n) is 56.3. The lowest BCUT2D eigenvalue weighted by molar-refractivity contribution is 0.659. The normalized spacial score (nSPS) is 15.1. The Morgan fingerprint density at radius 1 is 0.213 bits per heavy atom. The Morgan fingerprint density at radius 2 is 0.457 bits per heavy atom. The molecule has 94 heavy (non-hydrogen) atoms. The summed E-state index contributed by atoms with van der Waals surface area (Å²) in [5, 5.41) is 0. The summed E-state index contributed by atoms with van der Waals surface area (Å²) in [6.45, 7) is 27.9. The summed E-state index contributed by atoms with van der Waals surface area (Å²) in [7, 11) is 0. The van der Waals surface area contributed by atoms with Crippen LogP contribution in [0.1, 0.15) is 144 Å². The lowest BCUT2D eigenvalue weighted by Crippen LogP contribution is -2.18. The smallest absolute Gasteiger partial charge is 0.0466 e. The van der Waals surface area contributed by atoms with Crippen molar-refractivity contribution in [2.45, 2.75) is 105 Å². The summed E-state index contributed by atoms with van der Waals surface area (Å²) in [6, 6.07) is 92.2. The number of nitrogens with zero attached hydrogens (tertiary/aromatic N) is 2. The predicted molar refractivity (Wildman–Crippen MR) is 401 cm³/mol. The fourth-order valence-corrected chi connectivity index (χ4v) is 16.6. The molecule has 0 spiro atoms. The van der Waals surface area contributed by atoms with E-state index in [2.05, 4.69) is 360 Å². The van der Waals surface area contributed by atoms with Gasteiger partial charge >= 0.3 is 0 Å². The van der Waals surface area contributed by atoms with Crippen LogP contribution in [0.2, 0.25) is 0 Å². The maximum Gasteiger partial charge on any atom is 0.0466 e. The Hall–Kier alpha value is -10.3. The van der Waals surface area contributed by atoms with Crippen molar-refractivity contribution in [3.63, 3.8) is 0 Å². The third-order valence-electron chi connectivity index (χ3n) is 21.6. The highest BCUT2D eigenvalue weighted by atomic mass is 15.1. The Balaban J connectivity index is 0.608. The van der Waals surface area contributed by atoms with E-state index in [9.17, 15) is 0 Å². The first-order valence-corrected chi connectivity index (χ1v) is 33.6. The molecule has 0 radical (unpaired) electrons. The van der Waals surface area contributed by atoms with E-state index in [-0.39, 0.29) is 21.7 Å². The van der Waals surface area contributed by atoms with E-state index in [1.165, 1.54) is 179 Å². The van der Waals surface area contributed by atoms with Crippen LogP contribution in [-0.2, 0) is 21.7 Å². The minimum atomic E-state index is -0.200. The van der Waals surface area contributed by atoms with Gasteiger partial charge in [0.25, 0.3) is 0 Å². The molecule has 0 saturated heterocycles. The number of anilines is 6. The lowest BCUT2D eigenvalue weighted by atomic mass is 9.81. The zero-order valence-corrected chi connectivity index (χ0v) is 56.3. The molecule has 16 rings (SSSR count). The molecule has 0 aliphatic heterocycles. The number of benzene rings is 12. The van der Waals surface area contributed by atoms with Crippen molar-refractivity contribution in [1.29, 1.82) is 0 Å². The zero-order chi connectivity index (χ0) is 64.7. The van der Waals surface area contributed by atoms with Crippen LogP contribution >= 0.6 is 0 Å². The van der Waals surface area contributed by atoms with Crippen LogP contribution in [0.4, 0.5) is 34.1 Å². The summed E-state index contributed by atoms with van der Waals surface area (Å²) in [4.78, 5) is 4.96. The summed E-state index contributed by atoms with van der Waals surface area (Å²) < 4.78 is 0. The van der Waals surface area contributed by atoms with Crippen LogP contribution < -0.4 is 9.80 Å². The summed E-state index contributed by atoms with van der Waals surface area (Å²) in [6.07, 6.45) is 9.03. The summed E-state index contributed by atoms with van der Waals surface area (Å²) in [5.74, 6) is 0. The average Bonchev–Trinajstić information content (AvgIpc) is 1.59. The van der Waals surface area contributed by atoms with Crippen molar-refractivity contribution < 1.29 is 0 Å². The van der Waals surface area contributed by atoms with E-state index in [0.29, 0.717) is 0 Å². The Bertz CT molecular complexity index is 4810. The second kappa shape index (κ2) is 21.7. The van der Waals surface area contributed by atoms with Crippen molar-refractivity contribution in [3.05, 3.63) is 332 Å². The largest absolute Gasteiger partial charge is 0.310 e. The van der Waals surface area contributed by atoms with Crippen molar-refractivity contribution in [1.82, 2.24) is 0 Å². The summed E-state index contributed by atoms with van der Waals surface area (Å²) in [5.41, 5.74) is 40.2. The van der Waals surface area contributed by atoms with Crippen molar-refractivity contribution in [2.75, 3.05) is 9.80 Å². The second-order valence-electron chi connectivity index (χ2n) is 29.4. The highest BCUT2D eigenvalue weighted by Gasteiger charge is 2.41. The van der Waals surface area contributed by atoms with E-state index in [0.717, 1.165) is 0 Å². The van der Waals surface area contributed by atoms with Gasteiger partial charge in [0, 0.05) is 55.8 Å². The molecule has 2 heteroatoms. The maximum atomic E-state index is 2.48. The maximum absolute atomic E-state index is 2.48. The number of rotatable bonds is 11. The molecule has 12 aromatic rings. The van der Waals surface area contributed by atoms with E-state index >= 15 is 0 Å².